The Morgan fingerprint density at radius 2 is 2.07 bits per heavy atom. The van der Waals surface area contributed by atoms with Crippen molar-refractivity contribution in [1.29, 1.82) is 0 Å². The summed E-state index contributed by atoms with van der Waals surface area (Å²) in [5.41, 5.74) is 3.62. The maximum atomic E-state index is 9.39. The highest BCUT2D eigenvalue weighted by Gasteiger charge is 2.34. The third-order valence-corrected chi connectivity index (χ3v) is 5.23. The van der Waals surface area contributed by atoms with Crippen LogP contribution in [0.4, 0.5) is 0 Å². The minimum atomic E-state index is 0. The van der Waals surface area contributed by atoms with Crippen molar-refractivity contribution in [2.75, 3.05) is 32.9 Å². The van der Waals surface area contributed by atoms with Crippen LogP contribution < -0.4 is 10.6 Å². The van der Waals surface area contributed by atoms with Gasteiger partial charge < -0.3 is 20.5 Å². The Bertz CT molecular complexity index is 597. The lowest BCUT2D eigenvalue weighted by Gasteiger charge is -2.27. The second-order valence-corrected chi connectivity index (χ2v) is 7.03. The quantitative estimate of drug-likeness (QED) is 0.279. The first-order chi connectivity index (χ1) is 12.6. The predicted octanol–water partition coefficient (Wildman–Crippen LogP) is 2.01. The fourth-order valence-corrected chi connectivity index (χ4v) is 3.66. The number of aliphatic imine (C=N–C) groups is 1. The number of nitrogens with zero attached hydrogens (tertiary/aromatic N) is 3. The zero-order valence-electron chi connectivity index (χ0n) is 17.2. The molecule has 156 valence electrons. The van der Waals surface area contributed by atoms with Gasteiger partial charge in [0, 0.05) is 50.0 Å². The van der Waals surface area contributed by atoms with Crippen LogP contribution in [0.25, 0.3) is 0 Å². The lowest BCUT2D eigenvalue weighted by Crippen LogP contribution is -2.44. The molecule has 1 atom stereocenters. The van der Waals surface area contributed by atoms with Gasteiger partial charge in [0.25, 0.3) is 0 Å². The summed E-state index contributed by atoms with van der Waals surface area (Å²) >= 11 is 0. The molecule has 1 fully saturated rings. The highest BCUT2D eigenvalue weighted by atomic mass is 127. The fraction of sp³-hybridized carbons (Fsp3) is 0.789. The van der Waals surface area contributed by atoms with E-state index in [9.17, 15) is 5.11 Å². The monoisotopic (exact) mass is 493 g/mol. The van der Waals surface area contributed by atoms with Crippen LogP contribution >= 0.6 is 24.0 Å². The first-order valence-corrected chi connectivity index (χ1v) is 9.83. The molecule has 0 aromatic carbocycles. The van der Waals surface area contributed by atoms with Crippen molar-refractivity contribution in [2.24, 2.45) is 17.5 Å². The molecule has 2 rings (SSSR count). The second-order valence-electron chi connectivity index (χ2n) is 7.03. The lowest BCUT2D eigenvalue weighted by molar-refractivity contribution is 0.127. The third-order valence-electron chi connectivity index (χ3n) is 5.23. The average Bonchev–Trinajstić information content (AvgIpc) is 3.22. The molecule has 1 aromatic rings. The van der Waals surface area contributed by atoms with Crippen molar-refractivity contribution in [2.45, 2.75) is 53.0 Å². The normalized spacial score (nSPS) is 19.8. The number of aliphatic hydroxyl groups excluding tert-OH is 1. The maximum Gasteiger partial charge on any atom is 0.191 e. The molecule has 8 heteroatoms. The standard InChI is InChI=1S/C19H35N5O2.HI/c1-5-16-15(17(6-2)24(4)23-16)12-21-18(20-7-3)22-13-19(8-10-25)9-11-26-14-19;/h25H,5-14H2,1-4H3,(H2,20,21,22);1H. The summed E-state index contributed by atoms with van der Waals surface area (Å²) in [6.07, 6.45) is 3.60. The number of ether oxygens (including phenoxy) is 1. The number of hydrogen-bond donors (Lipinski definition) is 3. The number of aromatic nitrogens is 2. The van der Waals surface area contributed by atoms with E-state index >= 15 is 0 Å². The SMILES string of the molecule is CCNC(=NCc1c(CC)nn(C)c1CC)NCC1(CCO)CCOC1.I. The molecule has 27 heavy (non-hydrogen) atoms. The van der Waals surface area contributed by atoms with Gasteiger partial charge in [-0.3, -0.25) is 4.68 Å². The van der Waals surface area contributed by atoms with Gasteiger partial charge >= 0.3 is 0 Å². The number of guanidine groups is 1. The van der Waals surface area contributed by atoms with E-state index in [1.54, 1.807) is 0 Å². The number of aryl methyl sites for hydroxylation is 2. The largest absolute Gasteiger partial charge is 0.396 e. The first-order valence-electron chi connectivity index (χ1n) is 9.83. The minimum Gasteiger partial charge on any atom is -0.396 e. The summed E-state index contributed by atoms with van der Waals surface area (Å²) in [5.74, 6) is 0.810. The molecule has 0 bridgehead atoms. The molecule has 2 heterocycles. The molecule has 7 nitrogen and oxygen atoms in total. The van der Waals surface area contributed by atoms with Gasteiger partial charge in [-0.2, -0.15) is 5.10 Å². The zero-order valence-corrected chi connectivity index (χ0v) is 19.5. The molecule has 0 radical (unpaired) electrons. The van der Waals surface area contributed by atoms with Crippen molar-refractivity contribution >= 4 is 29.9 Å². The number of halogens is 1. The Balaban J connectivity index is 0.00000364. The van der Waals surface area contributed by atoms with Crippen molar-refractivity contribution < 1.29 is 9.84 Å². The Kier molecular flexibility index (Phi) is 10.6. The van der Waals surface area contributed by atoms with E-state index in [0.29, 0.717) is 13.2 Å². The van der Waals surface area contributed by atoms with Crippen molar-refractivity contribution in [1.82, 2.24) is 20.4 Å². The second kappa shape index (κ2) is 11.9. The van der Waals surface area contributed by atoms with Crippen molar-refractivity contribution in [3.63, 3.8) is 0 Å². The van der Waals surface area contributed by atoms with E-state index in [2.05, 4.69) is 36.5 Å². The van der Waals surface area contributed by atoms with Crippen LogP contribution in [0.2, 0.25) is 0 Å². The van der Waals surface area contributed by atoms with Gasteiger partial charge in [-0.05, 0) is 32.6 Å². The number of nitrogens with one attached hydrogen (secondary N) is 2. The van der Waals surface area contributed by atoms with Crippen LogP contribution in [0.3, 0.4) is 0 Å². The van der Waals surface area contributed by atoms with E-state index in [-0.39, 0.29) is 36.0 Å². The molecular weight excluding hydrogens is 457 g/mol. The summed E-state index contributed by atoms with van der Waals surface area (Å²) in [6, 6.07) is 0. The van der Waals surface area contributed by atoms with Crippen LogP contribution in [0, 0.1) is 5.41 Å². The van der Waals surface area contributed by atoms with Crippen molar-refractivity contribution in [3.8, 4) is 0 Å². The van der Waals surface area contributed by atoms with Crippen LogP contribution in [0.1, 0.15) is 50.6 Å². The van der Waals surface area contributed by atoms with Crippen LogP contribution in [0.5, 0.6) is 0 Å². The average molecular weight is 493 g/mol. The zero-order chi connectivity index (χ0) is 19.0. The molecule has 0 aliphatic carbocycles. The minimum absolute atomic E-state index is 0. The Hall–Kier alpha value is -0.870. The summed E-state index contributed by atoms with van der Waals surface area (Å²) in [6.45, 7) is 10.2. The summed E-state index contributed by atoms with van der Waals surface area (Å²) in [5, 5.41) is 20.8. The molecule has 1 aliphatic heterocycles. The Labute approximate surface area is 180 Å². The smallest absolute Gasteiger partial charge is 0.191 e. The van der Waals surface area contributed by atoms with Crippen LogP contribution in [-0.4, -0.2) is 53.8 Å². The summed E-state index contributed by atoms with van der Waals surface area (Å²) in [4.78, 5) is 4.80. The topological polar surface area (TPSA) is 83.7 Å². The highest BCUT2D eigenvalue weighted by Crippen LogP contribution is 2.31. The van der Waals surface area contributed by atoms with Gasteiger partial charge in [0.15, 0.2) is 5.96 Å². The van der Waals surface area contributed by atoms with E-state index in [1.165, 1.54) is 11.3 Å². The van der Waals surface area contributed by atoms with Gasteiger partial charge in [-0.15, -0.1) is 24.0 Å². The van der Waals surface area contributed by atoms with Crippen LogP contribution in [0.15, 0.2) is 4.99 Å². The van der Waals surface area contributed by atoms with Gasteiger partial charge in [-0.1, -0.05) is 13.8 Å². The summed E-state index contributed by atoms with van der Waals surface area (Å²) < 4.78 is 7.56. The van der Waals surface area contributed by atoms with Crippen LogP contribution in [-0.2, 0) is 31.2 Å². The molecule has 0 spiro atoms. The van der Waals surface area contributed by atoms with E-state index in [4.69, 9.17) is 9.73 Å². The fourth-order valence-electron chi connectivity index (χ4n) is 3.66. The number of aliphatic hydroxyl groups is 1. The molecule has 1 unspecified atom stereocenters. The number of hydrogen-bond acceptors (Lipinski definition) is 4. The Morgan fingerprint density at radius 3 is 2.63 bits per heavy atom. The lowest BCUT2D eigenvalue weighted by atomic mass is 9.84. The van der Waals surface area contributed by atoms with E-state index in [0.717, 1.165) is 57.0 Å². The molecular formula is C19H36IN5O2. The maximum absolute atomic E-state index is 9.39. The Morgan fingerprint density at radius 1 is 1.30 bits per heavy atom. The van der Waals surface area contributed by atoms with Gasteiger partial charge in [0.2, 0.25) is 0 Å². The highest BCUT2D eigenvalue weighted by molar-refractivity contribution is 14.0. The van der Waals surface area contributed by atoms with Gasteiger partial charge in [-0.25, -0.2) is 4.99 Å². The van der Waals surface area contributed by atoms with Crippen molar-refractivity contribution in [3.05, 3.63) is 17.0 Å². The van der Waals surface area contributed by atoms with Gasteiger partial charge in [0.1, 0.15) is 0 Å². The van der Waals surface area contributed by atoms with E-state index in [1.807, 2.05) is 11.7 Å². The summed E-state index contributed by atoms with van der Waals surface area (Å²) in [7, 11) is 2.01. The number of rotatable bonds is 9. The molecule has 1 aliphatic rings. The third kappa shape index (κ3) is 6.32. The molecule has 1 aromatic heterocycles. The predicted molar refractivity (Wildman–Crippen MR) is 120 cm³/mol. The molecule has 0 saturated carbocycles. The molecule has 3 N–H and O–H groups in total. The molecule has 1 saturated heterocycles. The van der Waals surface area contributed by atoms with E-state index < -0.39 is 0 Å². The van der Waals surface area contributed by atoms with Gasteiger partial charge in [0.05, 0.1) is 18.8 Å². The molecule has 0 amide bonds. The first kappa shape index (κ1) is 24.2.